The maximum absolute atomic E-state index is 13.0. The molecule has 0 radical (unpaired) electrons. The van der Waals surface area contributed by atoms with E-state index >= 15 is 0 Å². The highest BCUT2D eigenvalue weighted by Crippen LogP contribution is 2.17. The molecule has 1 aliphatic rings. The summed E-state index contributed by atoms with van der Waals surface area (Å²) in [6.45, 7) is 3.94. The fraction of sp³-hybridized carbons (Fsp3) is 0.556. The Hall–Kier alpha value is -1.57. The van der Waals surface area contributed by atoms with Gasteiger partial charge in [0.1, 0.15) is 5.82 Å². The van der Waals surface area contributed by atoms with Crippen LogP contribution in [-0.4, -0.2) is 63.0 Å². The molecule has 1 fully saturated rings. The summed E-state index contributed by atoms with van der Waals surface area (Å²) in [5, 5.41) is 5.79. The van der Waals surface area contributed by atoms with Gasteiger partial charge in [0.25, 0.3) is 0 Å². The summed E-state index contributed by atoms with van der Waals surface area (Å²) < 4.78 is 13.0. The Balaban J connectivity index is 0.00000338. The SMILES string of the molecule is CNCCCC(=O)NCCC(=O)N1CCN(c2ccc(F)cc2)CC1.Cl.Cl. The number of piperazine rings is 1. The Labute approximate surface area is 172 Å². The number of nitrogens with zero attached hydrogens (tertiary/aromatic N) is 2. The number of carbonyl (C=O) groups excluding carboxylic acids is 2. The topological polar surface area (TPSA) is 64.7 Å². The maximum atomic E-state index is 13.0. The molecule has 0 aromatic heterocycles. The molecular weight excluding hydrogens is 394 g/mol. The van der Waals surface area contributed by atoms with Crippen molar-refractivity contribution in [3.8, 4) is 0 Å². The van der Waals surface area contributed by atoms with E-state index in [1.807, 2.05) is 11.9 Å². The van der Waals surface area contributed by atoms with Crippen LogP contribution in [0.25, 0.3) is 0 Å². The van der Waals surface area contributed by atoms with E-state index in [9.17, 15) is 14.0 Å². The number of carbonyl (C=O) groups is 2. The fourth-order valence-electron chi connectivity index (χ4n) is 2.85. The van der Waals surface area contributed by atoms with Gasteiger partial charge >= 0.3 is 0 Å². The summed E-state index contributed by atoms with van der Waals surface area (Å²) >= 11 is 0. The molecule has 0 aliphatic carbocycles. The van der Waals surface area contributed by atoms with Gasteiger partial charge < -0.3 is 20.4 Å². The number of halogens is 3. The average molecular weight is 423 g/mol. The van der Waals surface area contributed by atoms with Crippen molar-refractivity contribution in [1.82, 2.24) is 15.5 Å². The summed E-state index contributed by atoms with van der Waals surface area (Å²) in [7, 11) is 1.85. The molecule has 9 heteroatoms. The second-order valence-electron chi connectivity index (χ2n) is 6.15. The van der Waals surface area contributed by atoms with E-state index in [0.29, 0.717) is 32.5 Å². The van der Waals surface area contributed by atoms with Crippen LogP contribution in [0.2, 0.25) is 0 Å². The number of anilines is 1. The zero-order valence-corrected chi connectivity index (χ0v) is 17.2. The first-order valence-corrected chi connectivity index (χ1v) is 8.79. The quantitative estimate of drug-likeness (QED) is 0.627. The predicted molar refractivity (Wildman–Crippen MR) is 110 cm³/mol. The number of amides is 2. The standard InChI is InChI=1S/C18H27FN4O2.2ClH/c1-20-9-2-3-17(24)21-10-8-18(25)23-13-11-22(12-14-23)16-6-4-15(19)5-7-16;;/h4-7,20H,2-3,8-14H2,1H3,(H,21,24);2*1H. The van der Waals surface area contributed by atoms with Crippen LogP contribution in [0.15, 0.2) is 24.3 Å². The van der Waals surface area contributed by atoms with Crippen LogP contribution in [-0.2, 0) is 9.59 Å². The van der Waals surface area contributed by atoms with Crippen molar-refractivity contribution in [2.24, 2.45) is 0 Å². The minimum absolute atomic E-state index is 0. The van der Waals surface area contributed by atoms with Crippen molar-refractivity contribution in [2.75, 3.05) is 51.2 Å². The Morgan fingerprint density at radius 1 is 1.00 bits per heavy atom. The molecule has 2 N–H and O–H groups in total. The van der Waals surface area contributed by atoms with Crippen molar-refractivity contribution < 1.29 is 14.0 Å². The van der Waals surface area contributed by atoms with E-state index in [-0.39, 0.29) is 42.4 Å². The lowest BCUT2D eigenvalue weighted by molar-refractivity contribution is -0.131. The van der Waals surface area contributed by atoms with E-state index in [0.717, 1.165) is 31.7 Å². The van der Waals surface area contributed by atoms with Gasteiger partial charge in [-0.25, -0.2) is 4.39 Å². The minimum Gasteiger partial charge on any atom is -0.368 e. The summed E-state index contributed by atoms with van der Waals surface area (Å²) in [5.74, 6) is -0.191. The third-order valence-corrected chi connectivity index (χ3v) is 4.32. The molecule has 0 atom stereocenters. The Morgan fingerprint density at radius 2 is 1.63 bits per heavy atom. The lowest BCUT2D eigenvalue weighted by Gasteiger charge is -2.36. The molecule has 1 aromatic rings. The zero-order chi connectivity index (χ0) is 18.1. The monoisotopic (exact) mass is 422 g/mol. The molecule has 1 saturated heterocycles. The van der Waals surface area contributed by atoms with Crippen molar-refractivity contribution in [3.05, 3.63) is 30.1 Å². The van der Waals surface area contributed by atoms with Gasteiger partial charge in [0.2, 0.25) is 11.8 Å². The lowest BCUT2D eigenvalue weighted by atomic mass is 10.2. The summed E-state index contributed by atoms with van der Waals surface area (Å²) in [6.07, 6.45) is 1.60. The van der Waals surface area contributed by atoms with E-state index in [4.69, 9.17) is 0 Å². The van der Waals surface area contributed by atoms with Crippen LogP contribution < -0.4 is 15.5 Å². The summed E-state index contributed by atoms with van der Waals surface area (Å²) in [6, 6.07) is 6.42. The smallest absolute Gasteiger partial charge is 0.224 e. The van der Waals surface area contributed by atoms with Crippen LogP contribution in [0, 0.1) is 5.82 Å². The molecule has 6 nitrogen and oxygen atoms in total. The van der Waals surface area contributed by atoms with E-state index in [1.165, 1.54) is 12.1 Å². The first-order valence-electron chi connectivity index (χ1n) is 8.79. The molecule has 0 bridgehead atoms. The largest absolute Gasteiger partial charge is 0.368 e. The van der Waals surface area contributed by atoms with Crippen molar-refractivity contribution in [3.63, 3.8) is 0 Å². The Bertz CT molecular complexity index is 567. The fourth-order valence-corrected chi connectivity index (χ4v) is 2.85. The molecule has 2 amide bonds. The number of rotatable bonds is 8. The molecule has 0 unspecified atom stereocenters. The van der Waals surface area contributed by atoms with Gasteiger partial charge in [-0.2, -0.15) is 0 Å². The highest BCUT2D eigenvalue weighted by atomic mass is 35.5. The first-order chi connectivity index (χ1) is 12.1. The average Bonchev–Trinajstić information content (AvgIpc) is 2.63. The number of hydrogen-bond donors (Lipinski definition) is 2. The van der Waals surface area contributed by atoms with Gasteiger partial charge in [0, 0.05) is 51.3 Å². The summed E-state index contributed by atoms with van der Waals surface area (Å²) in [4.78, 5) is 27.8. The minimum atomic E-state index is -0.245. The predicted octanol–water partition coefficient (Wildman–Crippen LogP) is 1.82. The molecule has 1 aliphatic heterocycles. The molecule has 154 valence electrons. The van der Waals surface area contributed by atoms with E-state index < -0.39 is 0 Å². The number of hydrogen-bond acceptors (Lipinski definition) is 4. The van der Waals surface area contributed by atoms with Crippen molar-refractivity contribution >= 4 is 42.3 Å². The van der Waals surface area contributed by atoms with Gasteiger partial charge in [-0.1, -0.05) is 0 Å². The van der Waals surface area contributed by atoms with Crippen LogP contribution in [0.1, 0.15) is 19.3 Å². The molecule has 0 saturated carbocycles. The number of nitrogens with one attached hydrogen (secondary N) is 2. The lowest BCUT2D eigenvalue weighted by Crippen LogP contribution is -2.49. The normalized spacial score (nSPS) is 13.4. The van der Waals surface area contributed by atoms with Gasteiger partial charge in [-0.3, -0.25) is 9.59 Å². The van der Waals surface area contributed by atoms with Gasteiger partial charge in [-0.15, -0.1) is 24.8 Å². The maximum Gasteiger partial charge on any atom is 0.224 e. The first kappa shape index (κ1) is 25.4. The Kier molecular flexibility index (Phi) is 12.8. The second-order valence-corrected chi connectivity index (χ2v) is 6.15. The van der Waals surface area contributed by atoms with Gasteiger partial charge in [0.15, 0.2) is 0 Å². The molecule has 2 rings (SSSR count). The van der Waals surface area contributed by atoms with Crippen LogP contribution in [0.4, 0.5) is 10.1 Å². The van der Waals surface area contributed by atoms with Crippen LogP contribution in [0.5, 0.6) is 0 Å². The second kappa shape index (κ2) is 13.6. The molecule has 27 heavy (non-hydrogen) atoms. The molecule has 1 heterocycles. The van der Waals surface area contributed by atoms with Crippen LogP contribution >= 0.6 is 24.8 Å². The third-order valence-electron chi connectivity index (χ3n) is 4.32. The van der Waals surface area contributed by atoms with Crippen molar-refractivity contribution in [2.45, 2.75) is 19.3 Å². The van der Waals surface area contributed by atoms with Gasteiger partial charge in [0.05, 0.1) is 0 Å². The highest BCUT2D eigenvalue weighted by molar-refractivity contribution is 5.85. The number of benzene rings is 1. The zero-order valence-electron chi connectivity index (χ0n) is 15.6. The third kappa shape index (κ3) is 8.77. The van der Waals surface area contributed by atoms with Crippen molar-refractivity contribution in [1.29, 1.82) is 0 Å². The van der Waals surface area contributed by atoms with Gasteiger partial charge in [-0.05, 0) is 44.3 Å². The molecular formula is C18H29Cl2FN4O2. The molecule has 0 spiro atoms. The van der Waals surface area contributed by atoms with Crippen LogP contribution in [0.3, 0.4) is 0 Å². The van der Waals surface area contributed by atoms with E-state index in [1.54, 1.807) is 12.1 Å². The summed E-state index contributed by atoms with van der Waals surface area (Å²) in [5.41, 5.74) is 0.974. The van der Waals surface area contributed by atoms with E-state index in [2.05, 4.69) is 15.5 Å². The highest BCUT2D eigenvalue weighted by Gasteiger charge is 2.21. The molecule has 1 aromatic carbocycles. The Morgan fingerprint density at radius 3 is 2.22 bits per heavy atom.